The Morgan fingerprint density at radius 1 is 0.917 bits per heavy atom. The lowest BCUT2D eigenvalue weighted by molar-refractivity contribution is -0.143. The van der Waals surface area contributed by atoms with E-state index < -0.39 is 46.9 Å². The van der Waals surface area contributed by atoms with Crippen molar-refractivity contribution in [2.75, 3.05) is 13.7 Å². The summed E-state index contributed by atoms with van der Waals surface area (Å²) in [5.41, 5.74) is -2.94. The van der Waals surface area contributed by atoms with Crippen molar-refractivity contribution < 1.29 is 49.8 Å². The largest absolute Gasteiger partial charge is 0.466 e. The highest BCUT2D eigenvalue weighted by Crippen LogP contribution is 2.43. The molecule has 2 aromatic rings. The van der Waals surface area contributed by atoms with Gasteiger partial charge in [0.05, 0.1) is 41.9 Å². The smallest absolute Gasteiger partial charge is 0.416 e. The van der Waals surface area contributed by atoms with Crippen LogP contribution in [0.3, 0.4) is 0 Å². The molecule has 194 valence electrons. The van der Waals surface area contributed by atoms with E-state index in [-0.39, 0.29) is 35.3 Å². The van der Waals surface area contributed by atoms with Crippen molar-refractivity contribution in [3.8, 4) is 11.3 Å². The van der Waals surface area contributed by atoms with Gasteiger partial charge in [-0.15, -0.1) is 0 Å². The quantitative estimate of drug-likeness (QED) is 0.390. The number of rotatable bonds is 5. The summed E-state index contributed by atoms with van der Waals surface area (Å²) < 4.78 is 95.4. The molecule has 0 radical (unpaired) electrons. The van der Waals surface area contributed by atoms with Gasteiger partial charge in [-0.1, -0.05) is 0 Å². The number of carbonyl (C=O) groups excluding carboxylic acids is 2. The summed E-state index contributed by atoms with van der Waals surface area (Å²) >= 11 is 0. The number of benzene rings is 1. The highest BCUT2D eigenvalue weighted by molar-refractivity contribution is 5.99. The molecule has 0 fully saturated rings. The Bertz CT molecular complexity index is 1220. The standard InChI is InChI=1S/C24H21F6NO5/c1-5-35-22(33)19-12(3)31-11(2)18(21(32)34-4)20(19)17-7-6-16(36-17)13-8-14(23(25,26)27)10-15(9-13)24(28,29)30/h6-10,20,31H,5H2,1-4H3. The highest BCUT2D eigenvalue weighted by atomic mass is 19.4. The average Bonchev–Trinajstić information content (AvgIpc) is 3.26. The van der Waals surface area contributed by atoms with Crippen LogP contribution in [-0.4, -0.2) is 25.7 Å². The average molecular weight is 517 g/mol. The molecule has 1 aliphatic rings. The summed E-state index contributed by atoms with van der Waals surface area (Å²) in [4.78, 5) is 25.3. The van der Waals surface area contributed by atoms with Crippen LogP contribution in [0.4, 0.5) is 26.3 Å². The number of alkyl halides is 6. The normalized spacial score (nSPS) is 16.7. The number of ether oxygens (including phenoxy) is 2. The van der Waals surface area contributed by atoms with Gasteiger partial charge in [-0.2, -0.15) is 26.3 Å². The van der Waals surface area contributed by atoms with E-state index in [2.05, 4.69) is 5.32 Å². The minimum absolute atomic E-state index is 0.00639. The third-order valence-corrected chi connectivity index (χ3v) is 5.44. The van der Waals surface area contributed by atoms with E-state index in [1.807, 2.05) is 0 Å². The predicted octanol–water partition coefficient (Wildman–Crippen LogP) is 5.96. The van der Waals surface area contributed by atoms with Crippen molar-refractivity contribution in [1.29, 1.82) is 0 Å². The fourth-order valence-corrected chi connectivity index (χ4v) is 3.90. The molecule has 0 amide bonds. The SMILES string of the molecule is CCOC(=O)C1=C(C)NC(C)=C(C(=O)OC)C1c1ccc(-c2cc(C(F)(F)F)cc(C(F)(F)F)c2)o1. The van der Waals surface area contributed by atoms with Gasteiger partial charge in [-0.25, -0.2) is 9.59 Å². The van der Waals surface area contributed by atoms with E-state index in [1.54, 1.807) is 13.8 Å². The van der Waals surface area contributed by atoms with Crippen LogP contribution in [0.25, 0.3) is 11.3 Å². The molecule has 6 nitrogen and oxygen atoms in total. The summed E-state index contributed by atoms with van der Waals surface area (Å²) in [5.74, 6) is -3.23. The van der Waals surface area contributed by atoms with Crippen molar-refractivity contribution in [2.45, 2.75) is 39.0 Å². The number of allylic oxidation sites excluding steroid dienone is 2. The minimum Gasteiger partial charge on any atom is -0.466 e. The number of furan rings is 1. The van der Waals surface area contributed by atoms with Gasteiger partial charge in [-0.05, 0) is 51.1 Å². The molecule has 2 heterocycles. The maximum atomic E-state index is 13.3. The second kappa shape index (κ2) is 9.75. The molecule has 0 bridgehead atoms. The van der Waals surface area contributed by atoms with E-state index in [1.165, 1.54) is 13.0 Å². The zero-order valence-electron chi connectivity index (χ0n) is 19.5. The number of methoxy groups -OCH3 is 1. The van der Waals surface area contributed by atoms with Gasteiger partial charge in [-0.3, -0.25) is 0 Å². The zero-order valence-corrected chi connectivity index (χ0v) is 19.5. The van der Waals surface area contributed by atoms with Crippen LogP contribution in [-0.2, 0) is 31.4 Å². The summed E-state index contributed by atoms with van der Waals surface area (Å²) in [6.07, 6.45) is -10.1. The molecule has 12 heteroatoms. The van der Waals surface area contributed by atoms with Crippen molar-refractivity contribution >= 4 is 11.9 Å². The maximum Gasteiger partial charge on any atom is 0.416 e. The summed E-state index contributed by atoms with van der Waals surface area (Å²) in [5, 5.41) is 2.89. The second-order valence-corrected chi connectivity index (χ2v) is 7.84. The number of halogens is 6. The van der Waals surface area contributed by atoms with E-state index in [0.717, 1.165) is 13.2 Å². The van der Waals surface area contributed by atoms with Crippen LogP contribution >= 0.6 is 0 Å². The number of hydrogen-bond donors (Lipinski definition) is 1. The lowest BCUT2D eigenvalue weighted by atomic mass is 9.83. The van der Waals surface area contributed by atoms with Crippen LogP contribution in [0, 0.1) is 0 Å². The molecule has 1 unspecified atom stereocenters. The van der Waals surface area contributed by atoms with Crippen molar-refractivity contribution in [3.63, 3.8) is 0 Å². The molecule has 1 N–H and O–H groups in total. The van der Waals surface area contributed by atoms with Gasteiger partial charge >= 0.3 is 24.3 Å². The molecule has 0 spiro atoms. The van der Waals surface area contributed by atoms with Crippen molar-refractivity contribution in [3.05, 3.63) is 69.8 Å². The van der Waals surface area contributed by atoms with Crippen LogP contribution in [0.2, 0.25) is 0 Å². The van der Waals surface area contributed by atoms with Gasteiger partial charge in [0.1, 0.15) is 11.5 Å². The van der Waals surface area contributed by atoms with Gasteiger partial charge in [0.25, 0.3) is 0 Å². The first-order valence-electron chi connectivity index (χ1n) is 10.5. The number of dihydropyridines is 1. The van der Waals surface area contributed by atoms with Gasteiger partial charge in [0.15, 0.2) is 0 Å². The van der Waals surface area contributed by atoms with Gasteiger partial charge in [0.2, 0.25) is 0 Å². The molecule has 36 heavy (non-hydrogen) atoms. The number of carbonyl (C=O) groups is 2. The van der Waals surface area contributed by atoms with E-state index in [4.69, 9.17) is 13.9 Å². The molecule has 0 saturated carbocycles. The molecule has 0 aliphatic carbocycles. The van der Waals surface area contributed by atoms with Crippen LogP contribution in [0.1, 0.15) is 43.6 Å². The first-order chi connectivity index (χ1) is 16.7. The Morgan fingerprint density at radius 3 is 1.92 bits per heavy atom. The first-order valence-corrected chi connectivity index (χ1v) is 10.5. The molecule has 3 rings (SSSR count). The Kier molecular flexibility index (Phi) is 7.28. The van der Waals surface area contributed by atoms with Crippen LogP contribution in [0.5, 0.6) is 0 Å². The fourth-order valence-electron chi connectivity index (χ4n) is 3.90. The topological polar surface area (TPSA) is 77.8 Å². The van der Waals surface area contributed by atoms with Crippen LogP contribution in [0.15, 0.2) is 57.3 Å². The van der Waals surface area contributed by atoms with Crippen molar-refractivity contribution in [2.24, 2.45) is 0 Å². The second-order valence-electron chi connectivity index (χ2n) is 7.84. The minimum atomic E-state index is -5.05. The van der Waals surface area contributed by atoms with E-state index in [0.29, 0.717) is 23.5 Å². The Balaban J connectivity index is 2.20. The third kappa shape index (κ3) is 5.26. The molecule has 1 aromatic heterocycles. The molecule has 0 saturated heterocycles. The van der Waals surface area contributed by atoms with E-state index >= 15 is 0 Å². The Labute approximate surface area is 201 Å². The van der Waals surface area contributed by atoms with E-state index in [9.17, 15) is 35.9 Å². The zero-order chi connectivity index (χ0) is 27.0. The lowest BCUT2D eigenvalue weighted by Crippen LogP contribution is -2.32. The third-order valence-electron chi connectivity index (χ3n) is 5.44. The van der Waals surface area contributed by atoms with Crippen LogP contribution < -0.4 is 5.32 Å². The number of nitrogens with one attached hydrogen (secondary N) is 1. The van der Waals surface area contributed by atoms with Crippen molar-refractivity contribution in [1.82, 2.24) is 5.32 Å². The maximum absolute atomic E-state index is 13.3. The monoisotopic (exact) mass is 517 g/mol. The summed E-state index contributed by atoms with van der Waals surface area (Å²) in [6, 6.07) is 3.48. The highest BCUT2D eigenvalue weighted by Gasteiger charge is 2.40. The summed E-state index contributed by atoms with van der Waals surface area (Å²) in [6.45, 7) is 4.66. The van der Waals surface area contributed by atoms with Gasteiger partial charge < -0.3 is 19.2 Å². The molecule has 1 atom stereocenters. The molecule has 1 aliphatic heterocycles. The first kappa shape index (κ1) is 26.9. The number of hydrogen-bond acceptors (Lipinski definition) is 6. The predicted molar refractivity (Wildman–Crippen MR) is 114 cm³/mol. The lowest BCUT2D eigenvalue weighted by Gasteiger charge is -2.28. The fraction of sp³-hybridized carbons (Fsp3) is 0.333. The number of esters is 2. The molecular weight excluding hydrogens is 496 g/mol. The Morgan fingerprint density at radius 2 is 1.44 bits per heavy atom. The molecule has 1 aromatic carbocycles. The Hall–Kier alpha value is -3.70. The molecular formula is C24H21F6NO5. The summed E-state index contributed by atoms with van der Waals surface area (Å²) in [7, 11) is 1.11. The van der Waals surface area contributed by atoms with Gasteiger partial charge in [0, 0.05) is 17.0 Å².